The largest absolute Gasteiger partial charge is 0.459 e. The Morgan fingerprint density at radius 3 is 2.36 bits per heavy atom. The minimum absolute atomic E-state index is 0.00291. The Morgan fingerprint density at radius 1 is 1.00 bits per heavy atom. The molecule has 1 heterocycles. The van der Waals surface area contributed by atoms with E-state index >= 15 is 0 Å². The zero-order valence-electron chi connectivity index (χ0n) is 14.0. The molecule has 0 saturated carbocycles. The number of hydrogen-bond acceptors (Lipinski definition) is 5. The molecule has 25 heavy (non-hydrogen) atoms. The van der Waals surface area contributed by atoms with Crippen LogP contribution in [0.4, 0.5) is 5.69 Å². The summed E-state index contributed by atoms with van der Waals surface area (Å²) >= 11 is 0. The molecule has 4 N–H and O–H groups in total. The predicted molar refractivity (Wildman–Crippen MR) is 91.7 cm³/mol. The van der Waals surface area contributed by atoms with Gasteiger partial charge in [0.25, 0.3) is 17.7 Å². The molecular formula is C17H20N4O4. The summed E-state index contributed by atoms with van der Waals surface area (Å²) in [5.74, 6) is -1.37. The molecule has 0 unspecified atom stereocenters. The van der Waals surface area contributed by atoms with E-state index in [0.29, 0.717) is 0 Å². The number of carbonyl (C=O) groups excluding carboxylic acids is 3. The van der Waals surface area contributed by atoms with Crippen molar-refractivity contribution in [1.82, 2.24) is 16.2 Å². The lowest BCUT2D eigenvalue weighted by Crippen LogP contribution is -2.47. The van der Waals surface area contributed by atoms with Gasteiger partial charge in [-0.05, 0) is 37.6 Å². The van der Waals surface area contributed by atoms with Gasteiger partial charge < -0.3 is 15.1 Å². The number of benzene rings is 1. The molecule has 0 atom stereocenters. The van der Waals surface area contributed by atoms with Crippen molar-refractivity contribution in [3.05, 3.63) is 53.5 Å². The molecule has 1 aromatic heterocycles. The van der Waals surface area contributed by atoms with Crippen LogP contribution >= 0.6 is 0 Å². The number of carbonyl (C=O) groups is 3. The summed E-state index contributed by atoms with van der Waals surface area (Å²) in [4.78, 5) is 34.9. The van der Waals surface area contributed by atoms with Gasteiger partial charge in [-0.2, -0.15) is 0 Å². The summed E-state index contributed by atoms with van der Waals surface area (Å²) in [6.45, 7) is 3.65. The van der Waals surface area contributed by atoms with Crippen LogP contribution in [0.3, 0.4) is 0 Å². The molecule has 2 rings (SSSR count). The van der Waals surface area contributed by atoms with Crippen molar-refractivity contribution in [2.24, 2.45) is 0 Å². The van der Waals surface area contributed by atoms with E-state index in [1.807, 2.05) is 32.0 Å². The van der Waals surface area contributed by atoms with Crippen LogP contribution < -0.4 is 21.5 Å². The second-order valence-corrected chi connectivity index (χ2v) is 5.43. The van der Waals surface area contributed by atoms with E-state index in [0.717, 1.165) is 16.8 Å². The van der Waals surface area contributed by atoms with Crippen LogP contribution in [0.15, 0.2) is 41.0 Å². The van der Waals surface area contributed by atoms with Crippen LogP contribution in [-0.4, -0.2) is 30.8 Å². The number of aryl methyl sites for hydroxylation is 2. The predicted octanol–water partition coefficient (Wildman–Crippen LogP) is 0.886. The summed E-state index contributed by atoms with van der Waals surface area (Å²) in [7, 11) is 0. The summed E-state index contributed by atoms with van der Waals surface area (Å²) in [5, 5.41) is 5.35. The molecule has 1 aromatic carbocycles. The van der Waals surface area contributed by atoms with Gasteiger partial charge in [-0.25, -0.2) is 0 Å². The Morgan fingerprint density at radius 2 is 1.72 bits per heavy atom. The Balaban J connectivity index is 1.67. The van der Waals surface area contributed by atoms with Crippen LogP contribution in [-0.2, 0) is 9.59 Å². The number of hydrogen-bond donors (Lipinski definition) is 4. The molecule has 8 nitrogen and oxygen atoms in total. The van der Waals surface area contributed by atoms with Gasteiger partial charge in [-0.1, -0.05) is 17.7 Å². The third-order valence-corrected chi connectivity index (χ3v) is 3.32. The topological polar surface area (TPSA) is 112 Å². The van der Waals surface area contributed by atoms with Crippen molar-refractivity contribution in [2.75, 3.05) is 18.4 Å². The number of nitrogens with one attached hydrogen (secondary N) is 4. The van der Waals surface area contributed by atoms with E-state index < -0.39 is 17.7 Å². The normalized spacial score (nSPS) is 10.0. The number of hydrazine groups is 1. The molecule has 0 spiro atoms. The van der Waals surface area contributed by atoms with Crippen LogP contribution in [0.5, 0.6) is 0 Å². The minimum Gasteiger partial charge on any atom is -0.459 e. The summed E-state index contributed by atoms with van der Waals surface area (Å²) in [5.41, 5.74) is 7.49. The van der Waals surface area contributed by atoms with E-state index in [1.165, 1.54) is 12.3 Å². The molecule has 0 bridgehead atoms. The quantitative estimate of drug-likeness (QED) is 0.581. The Labute approximate surface area is 144 Å². The van der Waals surface area contributed by atoms with Crippen molar-refractivity contribution in [2.45, 2.75) is 13.8 Å². The third kappa shape index (κ3) is 5.69. The van der Waals surface area contributed by atoms with Crippen LogP contribution in [0.25, 0.3) is 0 Å². The lowest BCUT2D eigenvalue weighted by molar-refractivity contribution is -0.127. The van der Waals surface area contributed by atoms with Crippen molar-refractivity contribution in [3.63, 3.8) is 0 Å². The Hall–Kier alpha value is -3.29. The maximum atomic E-state index is 11.7. The Kier molecular flexibility index (Phi) is 6.16. The van der Waals surface area contributed by atoms with Gasteiger partial charge in [0.05, 0.1) is 19.4 Å². The molecule has 0 aliphatic carbocycles. The number of amides is 3. The molecule has 0 saturated heterocycles. The molecule has 132 valence electrons. The SMILES string of the molecule is Cc1ccc(NCC(=O)NNC(=O)CNC(=O)c2ccco2)c(C)c1. The molecule has 0 aliphatic rings. The first-order chi connectivity index (χ1) is 12.0. The number of furan rings is 1. The smallest absolute Gasteiger partial charge is 0.287 e. The zero-order chi connectivity index (χ0) is 18.2. The highest BCUT2D eigenvalue weighted by Gasteiger charge is 2.10. The van der Waals surface area contributed by atoms with Gasteiger partial charge in [-0.3, -0.25) is 25.2 Å². The van der Waals surface area contributed by atoms with Gasteiger partial charge in [0.1, 0.15) is 0 Å². The van der Waals surface area contributed by atoms with Gasteiger partial charge in [0.2, 0.25) is 0 Å². The van der Waals surface area contributed by atoms with E-state index in [2.05, 4.69) is 21.5 Å². The molecule has 8 heteroatoms. The molecule has 0 aliphatic heterocycles. The molecule has 2 aromatic rings. The fourth-order valence-electron chi connectivity index (χ4n) is 2.07. The number of rotatable bonds is 6. The molecular weight excluding hydrogens is 324 g/mol. The van der Waals surface area contributed by atoms with E-state index in [1.54, 1.807) is 6.07 Å². The lowest BCUT2D eigenvalue weighted by Gasteiger charge is -2.11. The first-order valence-corrected chi connectivity index (χ1v) is 7.66. The molecule has 0 radical (unpaired) electrons. The fourth-order valence-corrected chi connectivity index (χ4v) is 2.07. The maximum absolute atomic E-state index is 11.7. The summed E-state index contributed by atoms with van der Waals surface area (Å²) < 4.78 is 4.89. The monoisotopic (exact) mass is 344 g/mol. The first-order valence-electron chi connectivity index (χ1n) is 7.66. The van der Waals surface area contributed by atoms with Crippen molar-refractivity contribution in [3.8, 4) is 0 Å². The van der Waals surface area contributed by atoms with Gasteiger partial charge in [0, 0.05) is 5.69 Å². The van der Waals surface area contributed by atoms with E-state index in [-0.39, 0.29) is 18.8 Å². The fraction of sp³-hybridized carbons (Fsp3) is 0.235. The van der Waals surface area contributed by atoms with Crippen LogP contribution in [0.1, 0.15) is 21.7 Å². The second kappa shape index (κ2) is 8.53. The van der Waals surface area contributed by atoms with Crippen molar-refractivity contribution in [1.29, 1.82) is 0 Å². The Bertz CT molecular complexity index is 756. The highest BCUT2D eigenvalue weighted by molar-refractivity contribution is 5.94. The lowest BCUT2D eigenvalue weighted by atomic mass is 10.1. The van der Waals surface area contributed by atoms with Crippen molar-refractivity contribution < 1.29 is 18.8 Å². The van der Waals surface area contributed by atoms with Crippen molar-refractivity contribution >= 4 is 23.4 Å². The summed E-state index contributed by atoms with van der Waals surface area (Å²) in [6.07, 6.45) is 1.36. The van der Waals surface area contributed by atoms with Crippen LogP contribution in [0.2, 0.25) is 0 Å². The maximum Gasteiger partial charge on any atom is 0.287 e. The van der Waals surface area contributed by atoms with E-state index in [9.17, 15) is 14.4 Å². The number of anilines is 1. The second-order valence-electron chi connectivity index (χ2n) is 5.43. The average Bonchev–Trinajstić information content (AvgIpc) is 3.11. The third-order valence-electron chi connectivity index (χ3n) is 3.32. The van der Waals surface area contributed by atoms with Crippen LogP contribution in [0, 0.1) is 13.8 Å². The van der Waals surface area contributed by atoms with Gasteiger partial charge >= 0.3 is 0 Å². The van der Waals surface area contributed by atoms with Gasteiger partial charge in [-0.15, -0.1) is 0 Å². The first kappa shape index (κ1) is 18.1. The standard InChI is InChI=1S/C17H20N4O4/c1-11-5-6-13(12(2)8-11)18-9-15(22)20-21-16(23)10-19-17(24)14-4-3-7-25-14/h3-8,18H,9-10H2,1-2H3,(H,19,24)(H,20,22)(H,21,23). The highest BCUT2D eigenvalue weighted by atomic mass is 16.3. The van der Waals surface area contributed by atoms with E-state index in [4.69, 9.17) is 4.42 Å². The highest BCUT2D eigenvalue weighted by Crippen LogP contribution is 2.15. The minimum atomic E-state index is -0.556. The summed E-state index contributed by atoms with van der Waals surface area (Å²) in [6, 6.07) is 8.88. The molecule has 0 fully saturated rings. The molecule has 3 amide bonds. The van der Waals surface area contributed by atoms with Gasteiger partial charge in [0.15, 0.2) is 5.76 Å². The average molecular weight is 344 g/mol. The zero-order valence-corrected chi connectivity index (χ0v) is 14.0.